The van der Waals surface area contributed by atoms with Crippen molar-refractivity contribution >= 4 is 22.9 Å². The smallest absolute Gasteiger partial charge is 0.143 e. The molecular weight excluding hydrogens is 266 g/mol. The predicted octanol–water partition coefficient (Wildman–Crippen LogP) is 3.67. The number of rotatable bonds is 5. The molecule has 2 rings (SSSR count). The largest absolute Gasteiger partial charge is 0.312 e. The summed E-state index contributed by atoms with van der Waals surface area (Å²) in [5.41, 5.74) is 1.83. The molecular formula is C13H16ClN3S. The molecule has 0 atom stereocenters. The van der Waals surface area contributed by atoms with E-state index in [1.807, 2.05) is 19.1 Å². The summed E-state index contributed by atoms with van der Waals surface area (Å²) in [6.07, 6.45) is 2.88. The summed E-state index contributed by atoms with van der Waals surface area (Å²) < 4.78 is 0. The summed E-state index contributed by atoms with van der Waals surface area (Å²) in [6.45, 7) is 6.07. The summed E-state index contributed by atoms with van der Waals surface area (Å²) >= 11 is 7.79. The van der Waals surface area contributed by atoms with Gasteiger partial charge in [-0.05, 0) is 32.0 Å². The van der Waals surface area contributed by atoms with Crippen molar-refractivity contribution in [2.75, 3.05) is 6.54 Å². The van der Waals surface area contributed by atoms with Crippen LogP contribution in [0, 0.1) is 6.92 Å². The second-order valence-electron chi connectivity index (χ2n) is 4.04. The van der Waals surface area contributed by atoms with Gasteiger partial charge in [-0.2, -0.15) is 0 Å². The van der Waals surface area contributed by atoms with Gasteiger partial charge in [0.15, 0.2) is 0 Å². The SMILES string of the molecule is CCCNCc1sc(-c2ncccc2Cl)nc1C. The van der Waals surface area contributed by atoms with Crippen LogP contribution >= 0.6 is 22.9 Å². The Balaban J connectivity index is 2.21. The van der Waals surface area contributed by atoms with Crippen LogP contribution in [0.4, 0.5) is 0 Å². The van der Waals surface area contributed by atoms with Crippen molar-refractivity contribution < 1.29 is 0 Å². The van der Waals surface area contributed by atoms with Gasteiger partial charge in [0, 0.05) is 17.6 Å². The monoisotopic (exact) mass is 281 g/mol. The molecule has 0 bridgehead atoms. The van der Waals surface area contributed by atoms with Gasteiger partial charge in [0.25, 0.3) is 0 Å². The van der Waals surface area contributed by atoms with E-state index in [1.54, 1.807) is 17.5 Å². The first kappa shape index (κ1) is 13.5. The lowest BCUT2D eigenvalue weighted by atomic mass is 10.3. The maximum atomic E-state index is 6.14. The van der Waals surface area contributed by atoms with Crippen LogP contribution in [0.5, 0.6) is 0 Å². The Kier molecular flexibility index (Phi) is 4.69. The molecule has 2 aromatic heterocycles. The molecule has 2 aromatic rings. The molecule has 0 radical (unpaired) electrons. The van der Waals surface area contributed by atoms with Crippen molar-refractivity contribution in [1.82, 2.24) is 15.3 Å². The fraction of sp³-hybridized carbons (Fsp3) is 0.385. The summed E-state index contributed by atoms with van der Waals surface area (Å²) in [7, 11) is 0. The van der Waals surface area contributed by atoms with E-state index in [9.17, 15) is 0 Å². The lowest BCUT2D eigenvalue weighted by Crippen LogP contribution is -2.13. The number of hydrogen-bond acceptors (Lipinski definition) is 4. The van der Waals surface area contributed by atoms with Crippen molar-refractivity contribution in [3.05, 3.63) is 33.9 Å². The first-order valence-electron chi connectivity index (χ1n) is 6.00. The zero-order valence-electron chi connectivity index (χ0n) is 10.5. The number of aromatic nitrogens is 2. The van der Waals surface area contributed by atoms with Crippen LogP contribution in [0.2, 0.25) is 5.02 Å². The number of pyridine rings is 1. The predicted molar refractivity (Wildman–Crippen MR) is 77.1 cm³/mol. The topological polar surface area (TPSA) is 37.8 Å². The van der Waals surface area contributed by atoms with Gasteiger partial charge in [0.1, 0.15) is 10.7 Å². The summed E-state index contributed by atoms with van der Waals surface area (Å²) in [5.74, 6) is 0. The second-order valence-corrected chi connectivity index (χ2v) is 5.53. The zero-order chi connectivity index (χ0) is 13.0. The van der Waals surface area contributed by atoms with Gasteiger partial charge in [0.2, 0.25) is 0 Å². The highest BCUT2D eigenvalue weighted by Crippen LogP contribution is 2.30. The number of hydrogen-bond donors (Lipinski definition) is 1. The van der Waals surface area contributed by atoms with Crippen LogP contribution in [0.15, 0.2) is 18.3 Å². The Morgan fingerprint density at radius 1 is 1.44 bits per heavy atom. The molecule has 5 heteroatoms. The molecule has 0 aliphatic rings. The average Bonchev–Trinajstić information content (AvgIpc) is 2.72. The fourth-order valence-electron chi connectivity index (χ4n) is 1.62. The van der Waals surface area contributed by atoms with Gasteiger partial charge >= 0.3 is 0 Å². The maximum absolute atomic E-state index is 6.14. The van der Waals surface area contributed by atoms with Crippen LogP contribution in [0.25, 0.3) is 10.7 Å². The lowest BCUT2D eigenvalue weighted by Gasteiger charge is -2.00. The minimum atomic E-state index is 0.652. The van der Waals surface area contributed by atoms with Crippen molar-refractivity contribution in [2.24, 2.45) is 0 Å². The molecule has 0 spiro atoms. The minimum Gasteiger partial charge on any atom is -0.312 e. The van der Waals surface area contributed by atoms with Crippen LogP contribution in [0.1, 0.15) is 23.9 Å². The Morgan fingerprint density at radius 3 is 3.00 bits per heavy atom. The Hall–Kier alpha value is -0.970. The maximum Gasteiger partial charge on any atom is 0.143 e. The molecule has 2 heterocycles. The highest BCUT2D eigenvalue weighted by molar-refractivity contribution is 7.15. The number of nitrogens with zero attached hydrogens (tertiary/aromatic N) is 2. The minimum absolute atomic E-state index is 0.652. The van der Waals surface area contributed by atoms with Gasteiger partial charge in [-0.15, -0.1) is 11.3 Å². The van der Waals surface area contributed by atoms with Crippen molar-refractivity contribution in [1.29, 1.82) is 0 Å². The van der Waals surface area contributed by atoms with Crippen molar-refractivity contribution in [2.45, 2.75) is 26.8 Å². The molecule has 96 valence electrons. The molecule has 0 aliphatic carbocycles. The van der Waals surface area contributed by atoms with E-state index in [4.69, 9.17) is 11.6 Å². The Bertz CT molecular complexity index is 525. The number of halogens is 1. The summed E-state index contributed by atoms with van der Waals surface area (Å²) in [4.78, 5) is 10.1. The van der Waals surface area contributed by atoms with Gasteiger partial charge in [-0.1, -0.05) is 18.5 Å². The van der Waals surface area contributed by atoms with E-state index >= 15 is 0 Å². The van der Waals surface area contributed by atoms with Crippen molar-refractivity contribution in [3.8, 4) is 10.7 Å². The van der Waals surface area contributed by atoms with Crippen LogP contribution in [-0.4, -0.2) is 16.5 Å². The molecule has 0 fully saturated rings. The van der Waals surface area contributed by atoms with E-state index in [2.05, 4.69) is 22.2 Å². The molecule has 3 nitrogen and oxygen atoms in total. The Labute approximate surface area is 116 Å². The van der Waals surface area contributed by atoms with Crippen LogP contribution in [-0.2, 0) is 6.54 Å². The fourth-order valence-corrected chi connectivity index (χ4v) is 2.93. The normalized spacial score (nSPS) is 10.8. The van der Waals surface area contributed by atoms with E-state index in [0.717, 1.165) is 35.9 Å². The lowest BCUT2D eigenvalue weighted by molar-refractivity contribution is 0.678. The third-order valence-electron chi connectivity index (χ3n) is 2.57. The molecule has 1 N–H and O–H groups in total. The molecule has 18 heavy (non-hydrogen) atoms. The third kappa shape index (κ3) is 3.07. The van der Waals surface area contributed by atoms with Gasteiger partial charge in [0.05, 0.1) is 10.7 Å². The van der Waals surface area contributed by atoms with E-state index in [0.29, 0.717) is 5.02 Å². The van der Waals surface area contributed by atoms with E-state index in [1.165, 1.54) is 4.88 Å². The average molecular weight is 282 g/mol. The first-order chi connectivity index (χ1) is 8.72. The highest BCUT2D eigenvalue weighted by Gasteiger charge is 2.12. The number of nitrogens with one attached hydrogen (secondary N) is 1. The van der Waals surface area contributed by atoms with Crippen LogP contribution in [0.3, 0.4) is 0 Å². The zero-order valence-corrected chi connectivity index (χ0v) is 12.1. The molecule has 0 saturated heterocycles. The first-order valence-corrected chi connectivity index (χ1v) is 7.19. The van der Waals surface area contributed by atoms with Gasteiger partial charge < -0.3 is 5.32 Å². The highest BCUT2D eigenvalue weighted by atomic mass is 35.5. The van der Waals surface area contributed by atoms with Gasteiger partial charge in [-0.25, -0.2) is 4.98 Å². The van der Waals surface area contributed by atoms with Crippen molar-refractivity contribution in [3.63, 3.8) is 0 Å². The molecule has 0 saturated carbocycles. The van der Waals surface area contributed by atoms with Crippen LogP contribution < -0.4 is 5.32 Å². The molecule has 0 amide bonds. The van der Waals surface area contributed by atoms with Gasteiger partial charge in [-0.3, -0.25) is 4.98 Å². The van der Waals surface area contributed by atoms with E-state index in [-0.39, 0.29) is 0 Å². The molecule has 0 aliphatic heterocycles. The standard InChI is InChI=1S/C13H16ClN3S/c1-3-6-15-8-11-9(2)17-13(18-11)12-10(14)5-4-7-16-12/h4-5,7,15H,3,6,8H2,1-2H3. The third-order valence-corrected chi connectivity index (χ3v) is 4.04. The van der Waals surface area contributed by atoms with E-state index < -0.39 is 0 Å². The number of thiazole rings is 1. The summed E-state index contributed by atoms with van der Waals surface area (Å²) in [5, 5.41) is 4.94. The Morgan fingerprint density at radius 2 is 2.28 bits per heavy atom. The molecule has 0 aromatic carbocycles. The second kappa shape index (κ2) is 6.27. The number of aryl methyl sites for hydroxylation is 1. The summed E-state index contributed by atoms with van der Waals surface area (Å²) in [6, 6.07) is 3.67. The molecule has 0 unspecified atom stereocenters. The quantitative estimate of drug-likeness (QED) is 0.850.